The summed E-state index contributed by atoms with van der Waals surface area (Å²) in [5.41, 5.74) is 1.84. The smallest absolute Gasteiger partial charge is 0.263 e. The maximum absolute atomic E-state index is 12.7. The van der Waals surface area contributed by atoms with Gasteiger partial charge in [0.05, 0.1) is 31.0 Å². The molecule has 1 heterocycles. The Labute approximate surface area is 164 Å². The SMILES string of the molecule is COc1ccc(S(=O)(=O)Nc2ccc(N(C)c3ccccc3)cn2)cc1OC. The number of ether oxygens (including phenoxy) is 2. The summed E-state index contributed by atoms with van der Waals surface area (Å²) in [6.45, 7) is 0. The Hall–Kier alpha value is -3.26. The molecule has 146 valence electrons. The van der Waals surface area contributed by atoms with Gasteiger partial charge in [-0.15, -0.1) is 0 Å². The Morgan fingerprint density at radius 2 is 1.61 bits per heavy atom. The van der Waals surface area contributed by atoms with Gasteiger partial charge in [0.1, 0.15) is 5.82 Å². The molecule has 0 saturated heterocycles. The number of rotatable bonds is 7. The van der Waals surface area contributed by atoms with Gasteiger partial charge in [0.15, 0.2) is 11.5 Å². The van der Waals surface area contributed by atoms with Crippen molar-refractivity contribution in [1.29, 1.82) is 0 Å². The molecule has 3 rings (SSSR count). The Morgan fingerprint density at radius 1 is 0.893 bits per heavy atom. The predicted molar refractivity (Wildman–Crippen MR) is 109 cm³/mol. The monoisotopic (exact) mass is 399 g/mol. The number of para-hydroxylation sites is 1. The van der Waals surface area contributed by atoms with Crippen LogP contribution in [0.1, 0.15) is 0 Å². The molecule has 3 aromatic rings. The first kappa shape index (κ1) is 19.5. The molecule has 0 amide bonds. The number of benzene rings is 2. The summed E-state index contributed by atoms with van der Waals surface area (Å²) in [4.78, 5) is 6.24. The van der Waals surface area contributed by atoms with Gasteiger partial charge in [0, 0.05) is 18.8 Å². The Balaban J connectivity index is 1.80. The summed E-state index contributed by atoms with van der Waals surface area (Å²) < 4.78 is 38.1. The molecule has 0 bridgehead atoms. The van der Waals surface area contributed by atoms with E-state index in [9.17, 15) is 8.42 Å². The van der Waals surface area contributed by atoms with Crippen LogP contribution < -0.4 is 19.1 Å². The molecular weight excluding hydrogens is 378 g/mol. The van der Waals surface area contributed by atoms with Gasteiger partial charge in [0.25, 0.3) is 10.0 Å². The van der Waals surface area contributed by atoms with E-state index >= 15 is 0 Å². The first-order chi connectivity index (χ1) is 13.4. The van der Waals surface area contributed by atoms with Gasteiger partial charge < -0.3 is 14.4 Å². The van der Waals surface area contributed by atoms with Crippen LogP contribution in [0.4, 0.5) is 17.2 Å². The normalized spacial score (nSPS) is 11.0. The van der Waals surface area contributed by atoms with Crippen molar-refractivity contribution in [3.8, 4) is 11.5 Å². The van der Waals surface area contributed by atoms with Gasteiger partial charge in [-0.05, 0) is 36.4 Å². The highest BCUT2D eigenvalue weighted by Crippen LogP contribution is 2.30. The maximum Gasteiger partial charge on any atom is 0.263 e. The first-order valence-electron chi connectivity index (χ1n) is 8.44. The van der Waals surface area contributed by atoms with Crippen molar-refractivity contribution >= 4 is 27.2 Å². The third kappa shape index (κ3) is 4.17. The zero-order valence-corrected chi connectivity index (χ0v) is 16.6. The first-order valence-corrected chi connectivity index (χ1v) is 9.92. The van der Waals surface area contributed by atoms with Gasteiger partial charge in [-0.1, -0.05) is 18.2 Å². The van der Waals surface area contributed by atoms with Gasteiger partial charge in [-0.2, -0.15) is 0 Å². The Kier molecular flexibility index (Phi) is 5.70. The molecule has 1 aromatic heterocycles. The van der Waals surface area contributed by atoms with Gasteiger partial charge in [0.2, 0.25) is 0 Å². The summed E-state index contributed by atoms with van der Waals surface area (Å²) in [7, 11) is 1.04. The lowest BCUT2D eigenvalue weighted by Gasteiger charge is -2.19. The summed E-state index contributed by atoms with van der Waals surface area (Å²) >= 11 is 0. The molecule has 8 heteroatoms. The minimum Gasteiger partial charge on any atom is -0.493 e. The van der Waals surface area contributed by atoms with E-state index in [4.69, 9.17) is 9.47 Å². The lowest BCUT2D eigenvalue weighted by Crippen LogP contribution is -2.15. The van der Waals surface area contributed by atoms with Gasteiger partial charge in [-0.3, -0.25) is 4.72 Å². The second kappa shape index (κ2) is 8.18. The summed E-state index contributed by atoms with van der Waals surface area (Å²) in [5.74, 6) is 1.01. The third-order valence-electron chi connectivity index (χ3n) is 4.18. The van der Waals surface area contributed by atoms with E-state index in [1.807, 2.05) is 42.3 Å². The molecule has 0 unspecified atom stereocenters. The fourth-order valence-corrected chi connectivity index (χ4v) is 3.65. The second-order valence-electron chi connectivity index (χ2n) is 5.92. The van der Waals surface area contributed by atoms with Crippen molar-refractivity contribution in [3.05, 3.63) is 66.9 Å². The summed E-state index contributed by atoms with van der Waals surface area (Å²) in [6.07, 6.45) is 1.61. The van der Waals surface area contributed by atoms with E-state index in [0.717, 1.165) is 11.4 Å². The molecule has 0 saturated carbocycles. The molecule has 28 heavy (non-hydrogen) atoms. The van der Waals surface area contributed by atoms with Crippen LogP contribution in [-0.4, -0.2) is 34.7 Å². The number of methoxy groups -OCH3 is 2. The second-order valence-corrected chi connectivity index (χ2v) is 7.60. The van der Waals surface area contributed by atoms with Crippen LogP contribution in [0.15, 0.2) is 71.8 Å². The van der Waals surface area contributed by atoms with Crippen molar-refractivity contribution in [3.63, 3.8) is 0 Å². The van der Waals surface area contributed by atoms with Crippen LogP contribution in [0.3, 0.4) is 0 Å². The maximum atomic E-state index is 12.7. The topological polar surface area (TPSA) is 80.8 Å². The Bertz CT molecular complexity index is 1040. The molecule has 2 aromatic carbocycles. The van der Waals surface area contributed by atoms with Gasteiger partial charge >= 0.3 is 0 Å². The summed E-state index contributed by atoms with van der Waals surface area (Å²) in [6, 6.07) is 17.6. The predicted octanol–water partition coefficient (Wildman–Crippen LogP) is 3.67. The highest BCUT2D eigenvalue weighted by Gasteiger charge is 2.18. The van der Waals surface area contributed by atoms with Crippen LogP contribution in [0, 0.1) is 0 Å². The molecular formula is C20H21N3O4S. The minimum absolute atomic E-state index is 0.0532. The van der Waals surface area contributed by atoms with E-state index in [-0.39, 0.29) is 10.7 Å². The van der Waals surface area contributed by atoms with E-state index in [1.165, 1.54) is 26.4 Å². The number of aromatic nitrogens is 1. The fourth-order valence-electron chi connectivity index (χ4n) is 2.63. The minimum atomic E-state index is -3.82. The third-order valence-corrected chi connectivity index (χ3v) is 5.54. The van der Waals surface area contributed by atoms with Crippen molar-refractivity contribution < 1.29 is 17.9 Å². The lowest BCUT2D eigenvalue weighted by atomic mass is 10.3. The van der Waals surface area contributed by atoms with E-state index in [2.05, 4.69) is 9.71 Å². The fraction of sp³-hybridized carbons (Fsp3) is 0.150. The Morgan fingerprint density at radius 3 is 2.21 bits per heavy atom. The standard InChI is InChI=1S/C20H21N3O4S/c1-23(15-7-5-4-6-8-15)16-9-12-20(21-14-16)22-28(24,25)17-10-11-18(26-2)19(13-17)27-3/h4-14H,1-3H3,(H,21,22). The van der Waals surface area contributed by atoms with E-state index < -0.39 is 10.0 Å². The van der Waals surface area contributed by atoms with E-state index in [0.29, 0.717) is 11.5 Å². The lowest BCUT2D eigenvalue weighted by molar-refractivity contribution is 0.354. The van der Waals surface area contributed by atoms with Crippen LogP contribution in [0.2, 0.25) is 0 Å². The molecule has 0 spiro atoms. The molecule has 1 N–H and O–H groups in total. The number of nitrogens with zero attached hydrogens (tertiary/aromatic N) is 2. The zero-order valence-electron chi connectivity index (χ0n) is 15.8. The number of anilines is 3. The number of sulfonamides is 1. The van der Waals surface area contributed by atoms with E-state index in [1.54, 1.807) is 24.4 Å². The molecule has 0 atom stereocenters. The quantitative estimate of drug-likeness (QED) is 0.653. The van der Waals surface area contributed by atoms with Crippen LogP contribution >= 0.6 is 0 Å². The van der Waals surface area contributed by atoms with Crippen molar-refractivity contribution in [1.82, 2.24) is 4.98 Å². The average molecular weight is 399 g/mol. The zero-order chi connectivity index (χ0) is 20.1. The largest absolute Gasteiger partial charge is 0.493 e. The number of nitrogens with one attached hydrogen (secondary N) is 1. The molecule has 0 radical (unpaired) electrons. The number of hydrogen-bond donors (Lipinski definition) is 1. The molecule has 0 aliphatic rings. The highest BCUT2D eigenvalue weighted by atomic mass is 32.2. The molecule has 0 aliphatic heterocycles. The average Bonchev–Trinajstić information content (AvgIpc) is 2.73. The molecule has 0 fully saturated rings. The van der Waals surface area contributed by atoms with Crippen LogP contribution in [0.25, 0.3) is 0 Å². The van der Waals surface area contributed by atoms with Crippen molar-refractivity contribution in [2.24, 2.45) is 0 Å². The summed E-state index contributed by atoms with van der Waals surface area (Å²) in [5, 5.41) is 0. The molecule has 0 aliphatic carbocycles. The number of pyridine rings is 1. The number of hydrogen-bond acceptors (Lipinski definition) is 6. The molecule has 7 nitrogen and oxygen atoms in total. The van der Waals surface area contributed by atoms with Crippen LogP contribution in [-0.2, 0) is 10.0 Å². The van der Waals surface area contributed by atoms with Crippen molar-refractivity contribution in [2.75, 3.05) is 30.9 Å². The highest BCUT2D eigenvalue weighted by molar-refractivity contribution is 7.92. The van der Waals surface area contributed by atoms with Crippen molar-refractivity contribution in [2.45, 2.75) is 4.90 Å². The van der Waals surface area contributed by atoms with Gasteiger partial charge in [-0.25, -0.2) is 13.4 Å². The van der Waals surface area contributed by atoms with Crippen LogP contribution in [0.5, 0.6) is 11.5 Å².